The zero-order valence-electron chi connectivity index (χ0n) is 10.8. The molecule has 0 radical (unpaired) electrons. The smallest absolute Gasteiger partial charge is 0.282 e. The Hall–Kier alpha value is -0.260. The fourth-order valence-corrected chi connectivity index (χ4v) is 2.30. The van der Waals surface area contributed by atoms with Crippen LogP contribution in [-0.2, 0) is 0 Å². The van der Waals surface area contributed by atoms with Crippen molar-refractivity contribution in [1.82, 2.24) is 10.2 Å². The number of rotatable bonds is 6. The molecule has 102 valence electrons. The van der Waals surface area contributed by atoms with Crippen LogP contribution in [-0.4, -0.2) is 54.8 Å². The first-order chi connectivity index (χ1) is 7.98. The minimum Gasteiger partial charge on any atom is -0.390 e. The van der Waals surface area contributed by atoms with Gasteiger partial charge in [-0.3, -0.25) is 0 Å². The first kappa shape index (κ1) is 14.8. The fraction of sp³-hybridized carbons (Fsp3) is 1.00. The van der Waals surface area contributed by atoms with Crippen molar-refractivity contribution in [2.45, 2.75) is 38.7 Å². The van der Waals surface area contributed by atoms with Gasteiger partial charge in [-0.25, -0.2) is 8.78 Å². The first-order valence-electron chi connectivity index (χ1n) is 6.43. The van der Waals surface area contributed by atoms with E-state index in [4.69, 9.17) is 5.11 Å². The molecule has 0 aromatic rings. The molecule has 5 heteroatoms. The second-order valence-electron chi connectivity index (χ2n) is 4.96. The van der Waals surface area contributed by atoms with Crippen LogP contribution in [0.4, 0.5) is 8.78 Å². The van der Waals surface area contributed by atoms with Crippen molar-refractivity contribution >= 4 is 0 Å². The predicted octanol–water partition coefficient (Wildman–Crippen LogP) is 1.32. The van der Waals surface area contributed by atoms with Gasteiger partial charge in [0.25, 0.3) is 5.92 Å². The summed E-state index contributed by atoms with van der Waals surface area (Å²) in [6.07, 6.45) is 2.12. The summed E-state index contributed by atoms with van der Waals surface area (Å²) in [4.78, 5) is 2.38. The third-order valence-electron chi connectivity index (χ3n) is 3.70. The van der Waals surface area contributed by atoms with Crippen molar-refractivity contribution in [3.63, 3.8) is 0 Å². The van der Waals surface area contributed by atoms with E-state index in [2.05, 4.69) is 17.1 Å². The van der Waals surface area contributed by atoms with E-state index >= 15 is 0 Å². The Balaban J connectivity index is 2.27. The van der Waals surface area contributed by atoms with Crippen molar-refractivity contribution in [2.24, 2.45) is 5.92 Å². The first-order valence-corrected chi connectivity index (χ1v) is 6.43. The van der Waals surface area contributed by atoms with Crippen LogP contribution >= 0.6 is 0 Å². The molecule has 1 fully saturated rings. The molecule has 0 saturated carbocycles. The minimum absolute atomic E-state index is 0.0893. The third-order valence-corrected chi connectivity index (χ3v) is 3.70. The lowest BCUT2D eigenvalue weighted by atomic mass is 9.90. The highest BCUT2D eigenvalue weighted by Crippen LogP contribution is 2.21. The van der Waals surface area contributed by atoms with Gasteiger partial charge in [-0.1, -0.05) is 6.92 Å². The Morgan fingerprint density at radius 3 is 2.47 bits per heavy atom. The average molecular weight is 250 g/mol. The molecule has 1 aliphatic rings. The Bertz CT molecular complexity index is 219. The number of hydrogen-bond acceptors (Lipinski definition) is 3. The van der Waals surface area contributed by atoms with Gasteiger partial charge >= 0.3 is 0 Å². The monoisotopic (exact) mass is 250 g/mol. The van der Waals surface area contributed by atoms with Crippen molar-refractivity contribution in [3.8, 4) is 0 Å². The molecule has 0 spiro atoms. The van der Waals surface area contributed by atoms with Crippen LogP contribution in [0.1, 0.15) is 26.7 Å². The number of likely N-dealkylation sites (tertiary alicyclic amines) is 1. The summed E-state index contributed by atoms with van der Waals surface area (Å²) in [7, 11) is 0. The number of halogens is 2. The summed E-state index contributed by atoms with van der Waals surface area (Å²) in [5.41, 5.74) is 0. The number of hydrogen-bond donors (Lipinski definition) is 2. The van der Waals surface area contributed by atoms with E-state index in [1.807, 2.05) is 6.92 Å². The van der Waals surface area contributed by atoms with Gasteiger partial charge in [-0.2, -0.15) is 0 Å². The summed E-state index contributed by atoms with van der Waals surface area (Å²) >= 11 is 0. The zero-order valence-corrected chi connectivity index (χ0v) is 10.8. The Morgan fingerprint density at radius 1 is 1.41 bits per heavy atom. The van der Waals surface area contributed by atoms with Crippen LogP contribution in [0, 0.1) is 5.92 Å². The molecular weight excluding hydrogens is 226 g/mol. The highest BCUT2D eigenvalue weighted by molar-refractivity contribution is 4.81. The van der Waals surface area contributed by atoms with E-state index in [1.165, 1.54) is 0 Å². The number of alkyl halides is 2. The topological polar surface area (TPSA) is 35.5 Å². The van der Waals surface area contributed by atoms with Gasteiger partial charge in [0, 0.05) is 6.04 Å². The van der Waals surface area contributed by atoms with Crippen LogP contribution in [0.2, 0.25) is 0 Å². The van der Waals surface area contributed by atoms with E-state index in [0.29, 0.717) is 5.92 Å². The van der Waals surface area contributed by atoms with Crippen molar-refractivity contribution in [2.75, 3.05) is 32.8 Å². The van der Waals surface area contributed by atoms with Gasteiger partial charge in [0.15, 0.2) is 0 Å². The summed E-state index contributed by atoms with van der Waals surface area (Å²) in [6.45, 7) is 5.77. The van der Waals surface area contributed by atoms with Gasteiger partial charge < -0.3 is 15.3 Å². The molecule has 1 saturated heterocycles. The summed E-state index contributed by atoms with van der Waals surface area (Å²) in [6, 6.07) is 0.0893. The van der Waals surface area contributed by atoms with Gasteiger partial charge in [-0.15, -0.1) is 0 Å². The fourth-order valence-electron chi connectivity index (χ4n) is 2.30. The maximum Gasteiger partial charge on any atom is 0.282 e. The zero-order chi connectivity index (χ0) is 12.9. The molecule has 1 rings (SSSR count). The standard InChI is InChI=1S/C12H24F2N2O/c1-3-16-6-4-11(5-7-16)10(2)15-8-12(13,14)9-17/h10-11,15,17H,3-9H2,1-2H3. The van der Waals surface area contributed by atoms with E-state index < -0.39 is 19.1 Å². The number of piperidine rings is 1. The largest absolute Gasteiger partial charge is 0.390 e. The molecule has 0 aromatic heterocycles. The van der Waals surface area contributed by atoms with Crippen LogP contribution in [0.3, 0.4) is 0 Å². The van der Waals surface area contributed by atoms with Crippen LogP contribution in [0.25, 0.3) is 0 Å². The van der Waals surface area contributed by atoms with Gasteiger partial charge in [-0.05, 0) is 45.3 Å². The second-order valence-corrected chi connectivity index (χ2v) is 4.96. The Kier molecular flexibility index (Phi) is 5.76. The van der Waals surface area contributed by atoms with Crippen LogP contribution in [0.15, 0.2) is 0 Å². The molecule has 0 amide bonds. The lowest BCUT2D eigenvalue weighted by molar-refractivity contribution is -0.0505. The summed E-state index contributed by atoms with van der Waals surface area (Å²) in [5, 5.41) is 11.3. The maximum absolute atomic E-state index is 12.9. The summed E-state index contributed by atoms with van der Waals surface area (Å²) < 4.78 is 25.8. The van der Waals surface area contributed by atoms with Crippen molar-refractivity contribution in [3.05, 3.63) is 0 Å². The number of aliphatic hydroxyl groups excluding tert-OH is 1. The summed E-state index contributed by atoms with van der Waals surface area (Å²) in [5.74, 6) is -2.54. The highest BCUT2D eigenvalue weighted by Gasteiger charge is 2.30. The predicted molar refractivity (Wildman–Crippen MR) is 64.3 cm³/mol. The molecule has 0 bridgehead atoms. The Labute approximate surface area is 102 Å². The van der Waals surface area contributed by atoms with Gasteiger partial charge in [0.05, 0.1) is 6.54 Å². The van der Waals surface area contributed by atoms with Gasteiger partial charge in [0.1, 0.15) is 6.61 Å². The van der Waals surface area contributed by atoms with Crippen molar-refractivity contribution in [1.29, 1.82) is 0 Å². The normalized spacial score (nSPS) is 21.7. The molecule has 2 N–H and O–H groups in total. The van der Waals surface area contributed by atoms with Crippen molar-refractivity contribution < 1.29 is 13.9 Å². The van der Waals surface area contributed by atoms with Crippen LogP contribution in [0.5, 0.6) is 0 Å². The molecule has 1 atom stereocenters. The van der Waals surface area contributed by atoms with E-state index in [0.717, 1.165) is 32.5 Å². The Morgan fingerprint density at radius 2 is 2.00 bits per heavy atom. The lowest BCUT2D eigenvalue weighted by Gasteiger charge is -2.35. The molecule has 17 heavy (non-hydrogen) atoms. The second kappa shape index (κ2) is 6.61. The highest BCUT2D eigenvalue weighted by atomic mass is 19.3. The van der Waals surface area contributed by atoms with E-state index in [1.54, 1.807) is 0 Å². The number of aliphatic hydroxyl groups is 1. The van der Waals surface area contributed by atoms with E-state index in [-0.39, 0.29) is 6.04 Å². The molecule has 1 unspecified atom stereocenters. The average Bonchev–Trinajstić information content (AvgIpc) is 2.36. The lowest BCUT2D eigenvalue weighted by Crippen LogP contribution is -2.46. The maximum atomic E-state index is 12.9. The quantitative estimate of drug-likeness (QED) is 0.746. The minimum atomic E-state index is -3.00. The molecular formula is C12H24F2N2O. The van der Waals surface area contributed by atoms with E-state index in [9.17, 15) is 8.78 Å². The molecule has 1 heterocycles. The third kappa shape index (κ3) is 4.85. The molecule has 3 nitrogen and oxygen atoms in total. The molecule has 0 aliphatic carbocycles. The molecule has 0 aromatic carbocycles. The number of nitrogens with zero attached hydrogens (tertiary/aromatic N) is 1. The SMILES string of the molecule is CCN1CCC(C(C)NCC(F)(F)CO)CC1. The number of nitrogens with one attached hydrogen (secondary N) is 1. The van der Waals surface area contributed by atoms with Crippen LogP contribution < -0.4 is 5.32 Å². The van der Waals surface area contributed by atoms with Gasteiger partial charge in [0.2, 0.25) is 0 Å². The molecule has 1 aliphatic heterocycles.